The molecule has 0 heterocycles. The maximum Gasteiger partial charge on any atom is 0.124 e. The highest BCUT2D eigenvalue weighted by Crippen LogP contribution is 2.32. The van der Waals surface area contributed by atoms with E-state index in [0.29, 0.717) is 5.25 Å². The standard InChI is InChI=1S/C14H19ClOS/c1-3-5-14(11(4-2)10-16)17-13-8-6-12(15)7-9-13/h6-11,14H,3-5H2,1-2H3. The van der Waals surface area contributed by atoms with E-state index in [-0.39, 0.29) is 5.92 Å². The molecule has 0 saturated carbocycles. The molecule has 1 aromatic carbocycles. The highest BCUT2D eigenvalue weighted by molar-refractivity contribution is 8.00. The number of hydrogen-bond acceptors (Lipinski definition) is 2. The Labute approximate surface area is 113 Å². The fourth-order valence-corrected chi connectivity index (χ4v) is 3.33. The summed E-state index contributed by atoms with van der Waals surface area (Å²) in [4.78, 5) is 12.3. The number of benzene rings is 1. The van der Waals surface area contributed by atoms with Crippen LogP contribution in [0, 0.1) is 5.92 Å². The highest BCUT2D eigenvalue weighted by atomic mass is 35.5. The average Bonchev–Trinajstić information content (AvgIpc) is 2.34. The van der Waals surface area contributed by atoms with Crippen LogP contribution in [-0.2, 0) is 4.79 Å². The van der Waals surface area contributed by atoms with Crippen LogP contribution in [0.3, 0.4) is 0 Å². The van der Waals surface area contributed by atoms with E-state index in [2.05, 4.69) is 13.8 Å². The maximum atomic E-state index is 11.1. The molecule has 1 rings (SSSR count). The molecule has 2 atom stereocenters. The van der Waals surface area contributed by atoms with Gasteiger partial charge in [-0.2, -0.15) is 0 Å². The van der Waals surface area contributed by atoms with E-state index in [9.17, 15) is 4.79 Å². The SMILES string of the molecule is CCCC(Sc1ccc(Cl)cc1)C(C=O)CC. The summed E-state index contributed by atoms with van der Waals surface area (Å²) in [6.45, 7) is 4.23. The van der Waals surface area contributed by atoms with Crippen molar-refractivity contribution in [3.63, 3.8) is 0 Å². The van der Waals surface area contributed by atoms with E-state index in [4.69, 9.17) is 11.6 Å². The number of rotatable bonds is 7. The van der Waals surface area contributed by atoms with Crippen LogP contribution < -0.4 is 0 Å². The number of aldehydes is 1. The molecular weight excluding hydrogens is 252 g/mol. The van der Waals surface area contributed by atoms with Gasteiger partial charge in [0.05, 0.1) is 0 Å². The van der Waals surface area contributed by atoms with E-state index in [1.54, 1.807) is 11.8 Å². The Balaban J connectivity index is 2.71. The normalized spacial score (nSPS) is 14.3. The van der Waals surface area contributed by atoms with Gasteiger partial charge in [0.25, 0.3) is 0 Å². The van der Waals surface area contributed by atoms with Crippen molar-refractivity contribution in [3.8, 4) is 0 Å². The van der Waals surface area contributed by atoms with E-state index < -0.39 is 0 Å². The van der Waals surface area contributed by atoms with Crippen LogP contribution in [0.15, 0.2) is 29.2 Å². The molecule has 0 saturated heterocycles. The molecule has 3 heteroatoms. The van der Waals surface area contributed by atoms with E-state index in [1.807, 2.05) is 24.3 Å². The van der Waals surface area contributed by atoms with E-state index in [0.717, 1.165) is 30.6 Å². The molecule has 17 heavy (non-hydrogen) atoms. The Kier molecular flexibility index (Phi) is 6.68. The van der Waals surface area contributed by atoms with E-state index in [1.165, 1.54) is 4.90 Å². The van der Waals surface area contributed by atoms with Crippen molar-refractivity contribution < 1.29 is 4.79 Å². The predicted octanol–water partition coefficient (Wildman–Crippen LogP) is 4.83. The van der Waals surface area contributed by atoms with Gasteiger partial charge in [0, 0.05) is 21.1 Å². The largest absolute Gasteiger partial charge is 0.303 e. The third kappa shape index (κ3) is 4.72. The van der Waals surface area contributed by atoms with Gasteiger partial charge in [-0.25, -0.2) is 0 Å². The monoisotopic (exact) mass is 270 g/mol. The van der Waals surface area contributed by atoms with Crippen LogP contribution >= 0.6 is 23.4 Å². The Bertz CT molecular complexity index is 337. The predicted molar refractivity (Wildman–Crippen MR) is 75.9 cm³/mol. The summed E-state index contributed by atoms with van der Waals surface area (Å²) in [6, 6.07) is 7.84. The van der Waals surface area contributed by atoms with Gasteiger partial charge < -0.3 is 4.79 Å². The summed E-state index contributed by atoms with van der Waals surface area (Å²) in [7, 11) is 0. The summed E-state index contributed by atoms with van der Waals surface area (Å²) in [5.74, 6) is 0.149. The van der Waals surface area contributed by atoms with Gasteiger partial charge in [-0.15, -0.1) is 11.8 Å². The third-order valence-corrected chi connectivity index (χ3v) is 4.48. The molecule has 1 nitrogen and oxygen atoms in total. The molecule has 0 aliphatic rings. The summed E-state index contributed by atoms with van der Waals surface area (Å²) < 4.78 is 0. The second-order valence-corrected chi connectivity index (χ2v) is 5.86. The number of halogens is 1. The molecule has 0 bridgehead atoms. The third-order valence-electron chi connectivity index (χ3n) is 2.80. The number of hydrogen-bond donors (Lipinski definition) is 0. The average molecular weight is 271 g/mol. The Hall–Kier alpha value is -0.470. The molecule has 94 valence electrons. The first-order valence-electron chi connectivity index (χ1n) is 6.08. The molecule has 0 fully saturated rings. The molecule has 0 aliphatic carbocycles. The molecule has 0 N–H and O–H groups in total. The van der Waals surface area contributed by atoms with Gasteiger partial charge in [-0.05, 0) is 37.1 Å². The van der Waals surface area contributed by atoms with Crippen LogP contribution in [0.2, 0.25) is 5.02 Å². The van der Waals surface area contributed by atoms with Gasteiger partial charge in [-0.1, -0.05) is 31.9 Å². The first-order chi connectivity index (χ1) is 8.21. The molecular formula is C14H19ClOS. The number of thioether (sulfide) groups is 1. The minimum absolute atomic E-state index is 0.149. The Morgan fingerprint density at radius 3 is 2.41 bits per heavy atom. The smallest absolute Gasteiger partial charge is 0.124 e. The van der Waals surface area contributed by atoms with Crippen molar-refractivity contribution in [3.05, 3.63) is 29.3 Å². The van der Waals surface area contributed by atoms with Gasteiger partial charge in [0.2, 0.25) is 0 Å². The molecule has 1 aromatic rings. The lowest BCUT2D eigenvalue weighted by Crippen LogP contribution is -2.17. The van der Waals surface area contributed by atoms with Gasteiger partial charge in [0.15, 0.2) is 0 Å². The Morgan fingerprint density at radius 1 is 1.29 bits per heavy atom. The molecule has 0 amide bonds. The summed E-state index contributed by atoms with van der Waals surface area (Å²) in [6.07, 6.45) is 4.19. The van der Waals surface area contributed by atoms with Gasteiger partial charge in [0.1, 0.15) is 6.29 Å². The zero-order valence-electron chi connectivity index (χ0n) is 10.4. The van der Waals surface area contributed by atoms with Crippen molar-refractivity contribution >= 4 is 29.6 Å². The zero-order valence-corrected chi connectivity index (χ0v) is 11.9. The van der Waals surface area contributed by atoms with Crippen molar-refractivity contribution in [2.75, 3.05) is 0 Å². The lowest BCUT2D eigenvalue weighted by atomic mass is 10.0. The molecule has 0 aliphatic heterocycles. The van der Waals surface area contributed by atoms with Crippen molar-refractivity contribution in [1.29, 1.82) is 0 Å². The molecule has 0 aromatic heterocycles. The molecule has 2 unspecified atom stereocenters. The van der Waals surface area contributed by atoms with Crippen LogP contribution in [0.25, 0.3) is 0 Å². The van der Waals surface area contributed by atoms with Crippen LogP contribution in [0.4, 0.5) is 0 Å². The molecule has 0 spiro atoms. The minimum atomic E-state index is 0.149. The Morgan fingerprint density at radius 2 is 1.94 bits per heavy atom. The van der Waals surface area contributed by atoms with Crippen LogP contribution in [0.1, 0.15) is 33.1 Å². The topological polar surface area (TPSA) is 17.1 Å². The second-order valence-electron chi connectivity index (χ2n) is 4.11. The minimum Gasteiger partial charge on any atom is -0.303 e. The highest BCUT2D eigenvalue weighted by Gasteiger charge is 2.19. The van der Waals surface area contributed by atoms with Crippen LogP contribution in [0.5, 0.6) is 0 Å². The molecule has 0 radical (unpaired) electrons. The van der Waals surface area contributed by atoms with Crippen molar-refractivity contribution in [2.45, 2.75) is 43.3 Å². The second kappa shape index (κ2) is 7.78. The number of carbonyl (C=O) groups is 1. The van der Waals surface area contributed by atoms with Gasteiger partial charge >= 0.3 is 0 Å². The first-order valence-corrected chi connectivity index (χ1v) is 7.34. The fraction of sp³-hybridized carbons (Fsp3) is 0.500. The maximum absolute atomic E-state index is 11.1. The lowest BCUT2D eigenvalue weighted by molar-refractivity contribution is -0.111. The zero-order chi connectivity index (χ0) is 12.7. The summed E-state index contributed by atoms with van der Waals surface area (Å²) in [5.41, 5.74) is 0. The van der Waals surface area contributed by atoms with Crippen molar-refractivity contribution in [2.24, 2.45) is 5.92 Å². The van der Waals surface area contributed by atoms with Crippen molar-refractivity contribution in [1.82, 2.24) is 0 Å². The first kappa shape index (κ1) is 14.6. The van der Waals surface area contributed by atoms with Crippen LogP contribution in [-0.4, -0.2) is 11.5 Å². The fourth-order valence-electron chi connectivity index (χ4n) is 1.78. The van der Waals surface area contributed by atoms with E-state index >= 15 is 0 Å². The summed E-state index contributed by atoms with van der Waals surface area (Å²) in [5, 5.41) is 1.13. The lowest BCUT2D eigenvalue weighted by Gasteiger charge is -2.20. The number of carbonyl (C=O) groups excluding carboxylic acids is 1. The van der Waals surface area contributed by atoms with Gasteiger partial charge in [-0.3, -0.25) is 0 Å². The summed E-state index contributed by atoms with van der Waals surface area (Å²) >= 11 is 7.65. The quantitative estimate of drug-likeness (QED) is 0.522.